The smallest absolute Gasteiger partial charge is 0.241 e. The predicted octanol–water partition coefficient (Wildman–Crippen LogP) is 1.10. The van der Waals surface area contributed by atoms with E-state index in [9.17, 15) is 9.59 Å². The predicted molar refractivity (Wildman–Crippen MR) is 135 cm³/mol. The summed E-state index contributed by atoms with van der Waals surface area (Å²) in [6.45, 7) is 0.197. The van der Waals surface area contributed by atoms with Gasteiger partial charge in [0.25, 0.3) is 0 Å². The lowest BCUT2D eigenvalue weighted by Gasteiger charge is -2.19. The van der Waals surface area contributed by atoms with E-state index in [0.29, 0.717) is 6.42 Å². The maximum Gasteiger partial charge on any atom is 0.241 e. The Morgan fingerprint density at radius 2 is 1.89 bits per heavy atom. The molecule has 0 bridgehead atoms. The van der Waals surface area contributed by atoms with Gasteiger partial charge in [0.15, 0.2) is 0 Å². The molecule has 4 rings (SSSR count). The number of hydrogen-bond acceptors (Lipinski definition) is 6. The number of aromatic amines is 1. The van der Waals surface area contributed by atoms with Crippen LogP contribution in [0.5, 0.6) is 0 Å². The molecule has 0 aliphatic carbocycles. The zero-order valence-corrected chi connectivity index (χ0v) is 20.7. The van der Waals surface area contributed by atoms with Gasteiger partial charge in [-0.25, -0.2) is 10.4 Å². The number of carbonyl (C=O) groups excluding carboxylic acids is 2. The van der Waals surface area contributed by atoms with Gasteiger partial charge in [0.2, 0.25) is 11.8 Å². The largest absolute Gasteiger partial charge is 0.359 e. The fourth-order valence-electron chi connectivity index (χ4n) is 4.08. The van der Waals surface area contributed by atoms with Crippen molar-refractivity contribution in [3.63, 3.8) is 0 Å². The minimum atomic E-state index is -0.255. The lowest BCUT2D eigenvalue weighted by atomic mass is 10.1. The molecule has 3 heterocycles. The molecule has 0 spiro atoms. The van der Waals surface area contributed by atoms with E-state index in [4.69, 9.17) is 0 Å². The van der Waals surface area contributed by atoms with Crippen LogP contribution in [0, 0.1) is 0 Å². The van der Waals surface area contributed by atoms with Crippen LogP contribution in [-0.4, -0.2) is 50.2 Å². The Labute approximate surface area is 210 Å². The van der Waals surface area contributed by atoms with Crippen LogP contribution >= 0.6 is 0 Å². The number of nitrogens with two attached hydrogens (primary N) is 1. The minimum Gasteiger partial charge on any atom is -0.359 e. The van der Waals surface area contributed by atoms with Crippen LogP contribution in [0.1, 0.15) is 44.0 Å². The number of carbonyl (C=O) groups is 2. The standard InChI is InChI=1S/C25H33N9O2/c1-26-23(35)7-5-3-4-6-21(29-24(36)17-34-15-13-28-32-34)25-27-16-22(30-25)19-10-8-18(9-11-19)20-12-14-33(2)31-20/h8-16,21,28,32H,3-7,17H2,1-2H3,(H,26,35)(H,27,30)(H,29,36)/p+1. The highest BCUT2D eigenvalue weighted by atomic mass is 16.2. The van der Waals surface area contributed by atoms with Gasteiger partial charge in [-0.05, 0) is 24.5 Å². The molecule has 1 unspecified atom stereocenters. The second-order valence-corrected chi connectivity index (χ2v) is 8.79. The molecule has 3 aromatic rings. The van der Waals surface area contributed by atoms with Gasteiger partial charge >= 0.3 is 0 Å². The van der Waals surface area contributed by atoms with Crippen molar-refractivity contribution in [1.82, 2.24) is 40.9 Å². The van der Waals surface area contributed by atoms with Crippen molar-refractivity contribution in [3.8, 4) is 22.5 Å². The summed E-state index contributed by atoms with van der Waals surface area (Å²) in [5.74, 6) is 0.665. The lowest BCUT2D eigenvalue weighted by Crippen LogP contribution is -2.87. The van der Waals surface area contributed by atoms with Crippen LogP contribution in [0.4, 0.5) is 0 Å². The third-order valence-corrected chi connectivity index (χ3v) is 6.06. The zero-order chi connectivity index (χ0) is 25.3. The molecule has 6 N–H and O–H groups in total. The van der Waals surface area contributed by atoms with Crippen LogP contribution in [-0.2, 0) is 16.6 Å². The second kappa shape index (κ2) is 12.1. The number of aromatic nitrogens is 4. The Morgan fingerprint density at radius 3 is 2.58 bits per heavy atom. The monoisotopic (exact) mass is 492 g/mol. The van der Waals surface area contributed by atoms with E-state index in [-0.39, 0.29) is 24.4 Å². The highest BCUT2D eigenvalue weighted by Crippen LogP contribution is 2.25. The fraction of sp³-hybridized carbons (Fsp3) is 0.360. The normalized spacial score (nSPS) is 13.7. The number of nitrogens with one attached hydrogen (secondary N) is 4. The summed E-state index contributed by atoms with van der Waals surface area (Å²) in [4.78, 5) is 32.2. The number of amides is 2. The molecule has 0 saturated heterocycles. The molecule has 190 valence electrons. The summed E-state index contributed by atoms with van der Waals surface area (Å²) in [6, 6.07) is 9.88. The molecule has 2 amide bonds. The van der Waals surface area contributed by atoms with E-state index in [0.717, 1.165) is 54.0 Å². The van der Waals surface area contributed by atoms with E-state index >= 15 is 0 Å². The van der Waals surface area contributed by atoms with Gasteiger partial charge in [0.05, 0.1) is 29.8 Å². The number of aryl methyl sites for hydroxylation is 1. The number of benzene rings is 1. The molecule has 11 nitrogen and oxygen atoms in total. The number of nitrogens with zero attached hydrogens (tertiary/aromatic N) is 4. The number of imidazole rings is 1. The van der Waals surface area contributed by atoms with Gasteiger partial charge < -0.3 is 15.6 Å². The van der Waals surface area contributed by atoms with E-state index in [1.165, 1.54) is 0 Å². The first-order valence-corrected chi connectivity index (χ1v) is 12.2. The first-order valence-electron chi connectivity index (χ1n) is 12.2. The highest BCUT2D eigenvalue weighted by molar-refractivity contribution is 5.78. The van der Waals surface area contributed by atoms with Crippen molar-refractivity contribution in [3.05, 3.63) is 60.9 Å². The Balaban J connectivity index is 1.41. The molecule has 1 aliphatic rings. The van der Waals surface area contributed by atoms with Gasteiger partial charge in [0, 0.05) is 32.3 Å². The van der Waals surface area contributed by atoms with Crippen LogP contribution < -0.4 is 21.6 Å². The van der Waals surface area contributed by atoms with Gasteiger partial charge in [0.1, 0.15) is 18.6 Å². The van der Waals surface area contributed by atoms with Crippen LogP contribution in [0.2, 0.25) is 0 Å². The summed E-state index contributed by atoms with van der Waals surface area (Å²) in [5.41, 5.74) is 8.62. The van der Waals surface area contributed by atoms with E-state index in [2.05, 4.69) is 31.2 Å². The second-order valence-electron chi connectivity index (χ2n) is 8.79. The fourth-order valence-corrected chi connectivity index (χ4v) is 4.08. The highest BCUT2D eigenvalue weighted by Gasteiger charge is 2.20. The maximum absolute atomic E-state index is 12.7. The number of hydrogen-bond donors (Lipinski definition) is 5. The lowest BCUT2D eigenvalue weighted by molar-refractivity contribution is -0.660. The van der Waals surface area contributed by atoms with E-state index in [1.807, 2.05) is 56.0 Å². The molecule has 0 fully saturated rings. The molecule has 1 aromatic carbocycles. The molecule has 1 aliphatic heterocycles. The van der Waals surface area contributed by atoms with Gasteiger partial charge in [-0.1, -0.05) is 42.6 Å². The molecule has 2 aromatic heterocycles. The number of rotatable bonds is 12. The number of hydrazine groups is 1. The third kappa shape index (κ3) is 6.80. The van der Waals surface area contributed by atoms with Gasteiger partial charge in [-0.3, -0.25) is 19.3 Å². The van der Waals surface area contributed by atoms with Crippen molar-refractivity contribution in [2.24, 2.45) is 7.05 Å². The van der Waals surface area contributed by atoms with Gasteiger partial charge in [-0.2, -0.15) is 5.10 Å². The first kappa shape index (κ1) is 25.1. The van der Waals surface area contributed by atoms with Crippen LogP contribution in [0.15, 0.2) is 55.1 Å². The molecular weight excluding hydrogens is 458 g/mol. The molecule has 36 heavy (non-hydrogen) atoms. The molecule has 0 saturated carbocycles. The number of H-pyrrole nitrogens is 1. The summed E-state index contributed by atoms with van der Waals surface area (Å²) >= 11 is 0. The van der Waals surface area contributed by atoms with E-state index < -0.39 is 0 Å². The first-order chi connectivity index (χ1) is 17.5. The average Bonchev–Trinajstić information content (AvgIpc) is 3.65. The number of quaternary nitrogens is 1. The Kier molecular flexibility index (Phi) is 8.48. The van der Waals surface area contributed by atoms with Gasteiger partial charge in [-0.15, -0.1) is 0 Å². The molecule has 0 radical (unpaired) electrons. The van der Waals surface area contributed by atoms with Crippen molar-refractivity contribution < 1.29 is 15.0 Å². The summed E-state index contributed by atoms with van der Waals surface area (Å²) < 4.78 is 1.78. The summed E-state index contributed by atoms with van der Waals surface area (Å²) in [6.07, 6.45) is 11.2. The van der Waals surface area contributed by atoms with Crippen molar-refractivity contribution in [2.45, 2.75) is 38.1 Å². The maximum atomic E-state index is 12.7. The molecule has 11 heteroatoms. The Bertz CT molecular complexity index is 1180. The van der Waals surface area contributed by atoms with Crippen LogP contribution in [0.3, 0.4) is 0 Å². The average molecular weight is 493 g/mol. The third-order valence-electron chi connectivity index (χ3n) is 6.06. The Morgan fingerprint density at radius 1 is 1.08 bits per heavy atom. The topological polar surface area (TPSA) is 137 Å². The SMILES string of the molecule is CNC(=O)CCCCCC(NC(=O)CN1C=C[NH2+]N1)c1ncc(-c2ccc(-c3ccn(C)n3)cc2)[nH]1. The van der Waals surface area contributed by atoms with Crippen molar-refractivity contribution in [1.29, 1.82) is 0 Å². The van der Waals surface area contributed by atoms with E-state index in [1.54, 1.807) is 28.4 Å². The summed E-state index contributed by atoms with van der Waals surface area (Å²) in [7, 11) is 3.55. The van der Waals surface area contributed by atoms with Crippen molar-refractivity contribution >= 4 is 11.8 Å². The number of unbranched alkanes of at least 4 members (excludes halogenated alkanes) is 2. The zero-order valence-electron chi connectivity index (χ0n) is 20.7. The minimum absolute atomic E-state index is 0.0487. The molecule has 1 atom stereocenters. The van der Waals surface area contributed by atoms with Crippen molar-refractivity contribution in [2.75, 3.05) is 13.6 Å². The summed E-state index contributed by atoms with van der Waals surface area (Å²) in [5, 5.41) is 11.9. The molecular formula is C25H34N9O2+. The van der Waals surface area contributed by atoms with Crippen LogP contribution in [0.25, 0.3) is 22.5 Å². The Hall–Kier alpha value is -3.96. The quantitative estimate of drug-likeness (QED) is 0.190.